The smallest absolute Gasteiger partial charge is 0.261 e. The summed E-state index contributed by atoms with van der Waals surface area (Å²) in [7, 11) is -3.78. The number of anilines is 2. The zero-order valence-corrected chi connectivity index (χ0v) is 18.5. The Hall–Kier alpha value is -2.10. The number of hydrogen-bond donors (Lipinski definition) is 2. The van der Waals surface area contributed by atoms with Crippen LogP contribution in [0.15, 0.2) is 71.6 Å². The van der Waals surface area contributed by atoms with E-state index in [2.05, 4.69) is 32.6 Å². The third-order valence-corrected chi connectivity index (χ3v) is 6.78. The fraction of sp³-hybridized carbons (Fsp3) is 0.0500. The molecule has 0 fully saturated rings. The highest BCUT2D eigenvalue weighted by Gasteiger charge is 2.16. The topological polar surface area (TPSA) is 75.3 Å². The SMILES string of the molecule is Cc1c(Cl)cccc1NS(=O)(=O)c1ccc(NC(=O)c2ccccc2I)cc1. The minimum atomic E-state index is -3.78. The van der Waals surface area contributed by atoms with Gasteiger partial charge in [0, 0.05) is 14.3 Å². The molecule has 0 aliphatic rings. The highest BCUT2D eigenvalue weighted by molar-refractivity contribution is 14.1. The maximum atomic E-state index is 12.6. The van der Waals surface area contributed by atoms with Gasteiger partial charge in [-0.05, 0) is 83.6 Å². The number of hydrogen-bond acceptors (Lipinski definition) is 3. The summed E-state index contributed by atoms with van der Waals surface area (Å²) in [4.78, 5) is 12.5. The first-order chi connectivity index (χ1) is 13.3. The summed E-state index contributed by atoms with van der Waals surface area (Å²) in [6.07, 6.45) is 0. The molecule has 1 amide bonds. The van der Waals surface area contributed by atoms with E-state index in [1.807, 2.05) is 12.1 Å². The van der Waals surface area contributed by atoms with E-state index in [0.29, 0.717) is 27.5 Å². The van der Waals surface area contributed by atoms with Crippen LogP contribution in [0, 0.1) is 10.5 Å². The number of carbonyl (C=O) groups is 1. The Morgan fingerprint density at radius 2 is 1.64 bits per heavy atom. The highest BCUT2D eigenvalue weighted by Crippen LogP contribution is 2.26. The van der Waals surface area contributed by atoms with Gasteiger partial charge >= 0.3 is 0 Å². The third kappa shape index (κ3) is 4.65. The molecule has 0 saturated carbocycles. The summed E-state index contributed by atoms with van der Waals surface area (Å²) in [5.41, 5.74) is 2.12. The Morgan fingerprint density at radius 1 is 0.964 bits per heavy atom. The molecular weight excluding hydrogens is 511 g/mol. The molecule has 0 aliphatic carbocycles. The Kier molecular flexibility index (Phi) is 6.26. The first-order valence-corrected chi connectivity index (χ1v) is 11.2. The number of carbonyl (C=O) groups excluding carboxylic acids is 1. The van der Waals surface area contributed by atoms with Crippen molar-refractivity contribution in [3.63, 3.8) is 0 Å². The molecular formula is C20H16ClIN2O3S. The lowest BCUT2D eigenvalue weighted by Crippen LogP contribution is -2.15. The van der Waals surface area contributed by atoms with Crippen LogP contribution < -0.4 is 10.0 Å². The van der Waals surface area contributed by atoms with Crippen molar-refractivity contribution in [1.29, 1.82) is 0 Å². The van der Waals surface area contributed by atoms with Crippen LogP contribution in [0.4, 0.5) is 11.4 Å². The van der Waals surface area contributed by atoms with E-state index < -0.39 is 10.0 Å². The number of nitrogens with one attached hydrogen (secondary N) is 2. The first-order valence-electron chi connectivity index (χ1n) is 8.22. The van der Waals surface area contributed by atoms with Gasteiger partial charge in [-0.2, -0.15) is 0 Å². The van der Waals surface area contributed by atoms with E-state index >= 15 is 0 Å². The zero-order valence-electron chi connectivity index (χ0n) is 14.7. The summed E-state index contributed by atoms with van der Waals surface area (Å²) in [5.74, 6) is -0.256. The molecule has 0 aliphatic heterocycles. The van der Waals surface area contributed by atoms with Gasteiger partial charge in [0.25, 0.3) is 15.9 Å². The maximum Gasteiger partial charge on any atom is 0.261 e. The number of rotatable bonds is 5. The van der Waals surface area contributed by atoms with E-state index in [1.54, 1.807) is 49.4 Å². The molecule has 5 nitrogen and oxygen atoms in total. The summed E-state index contributed by atoms with van der Waals surface area (Å²) >= 11 is 8.14. The monoisotopic (exact) mass is 526 g/mol. The molecule has 0 bridgehead atoms. The number of amides is 1. The Bertz CT molecular complexity index is 1130. The van der Waals surface area contributed by atoms with Crippen LogP contribution >= 0.6 is 34.2 Å². The average Bonchev–Trinajstić information content (AvgIpc) is 2.66. The second-order valence-corrected chi connectivity index (χ2v) is 9.23. The van der Waals surface area contributed by atoms with Crippen molar-refractivity contribution in [2.45, 2.75) is 11.8 Å². The molecule has 8 heteroatoms. The lowest BCUT2D eigenvalue weighted by Gasteiger charge is -2.12. The van der Waals surface area contributed by atoms with Crippen molar-refractivity contribution in [3.05, 3.63) is 86.4 Å². The van der Waals surface area contributed by atoms with Crippen LogP contribution in [-0.2, 0) is 10.0 Å². The summed E-state index contributed by atoms with van der Waals surface area (Å²) in [6.45, 7) is 1.74. The number of benzene rings is 3. The minimum absolute atomic E-state index is 0.0826. The summed E-state index contributed by atoms with van der Waals surface area (Å²) in [6, 6.07) is 18.2. The molecule has 0 saturated heterocycles. The van der Waals surface area contributed by atoms with Crippen LogP contribution in [0.25, 0.3) is 0 Å². The Labute approximate surface area is 182 Å². The molecule has 0 unspecified atom stereocenters. The van der Waals surface area contributed by atoms with Crippen molar-refractivity contribution < 1.29 is 13.2 Å². The molecule has 144 valence electrons. The quantitative estimate of drug-likeness (QED) is 0.443. The van der Waals surface area contributed by atoms with Gasteiger partial charge < -0.3 is 5.32 Å². The molecule has 3 aromatic carbocycles. The molecule has 0 radical (unpaired) electrons. The first kappa shape index (κ1) is 20.6. The van der Waals surface area contributed by atoms with Gasteiger partial charge in [-0.1, -0.05) is 29.8 Å². The maximum absolute atomic E-state index is 12.6. The highest BCUT2D eigenvalue weighted by atomic mass is 127. The molecule has 0 spiro atoms. The second-order valence-electron chi connectivity index (χ2n) is 5.98. The average molecular weight is 527 g/mol. The van der Waals surface area contributed by atoms with Crippen LogP contribution in [0.3, 0.4) is 0 Å². The summed E-state index contributed by atoms with van der Waals surface area (Å²) < 4.78 is 28.6. The second kappa shape index (κ2) is 8.50. The minimum Gasteiger partial charge on any atom is -0.322 e. The normalized spacial score (nSPS) is 11.1. The van der Waals surface area contributed by atoms with Crippen molar-refractivity contribution in [2.75, 3.05) is 10.0 Å². The van der Waals surface area contributed by atoms with Crippen LogP contribution in [0.1, 0.15) is 15.9 Å². The van der Waals surface area contributed by atoms with Crippen molar-refractivity contribution in [2.24, 2.45) is 0 Å². The van der Waals surface area contributed by atoms with E-state index in [9.17, 15) is 13.2 Å². The number of halogens is 2. The van der Waals surface area contributed by atoms with Gasteiger partial charge in [0.15, 0.2) is 0 Å². The summed E-state index contributed by atoms with van der Waals surface area (Å²) in [5, 5.41) is 3.25. The Morgan fingerprint density at radius 3 is 2.32 bits per heavy atom. The number of sulfonamides is 1. The predicted molar refractivity (Wildman–Crippen MR) is 121 cm³/mol. The van der Waals surface area contributed by atoms with E-state index in [-0.39, 0.29) is 10.8 Å². The van der Waals surface area contributed by atoms with E-state index in [4.69, 9.17) is 11.6 Å². The van der Waals surface area contributed by atoms with Crippen LogP contribution in [0.2, 0.25) is 5.02 Å². The third-order valence-electron chi connectivity index (χ3n) is 4.05. The lowest BCUT2D eigenvalue weighted by molar-refractivity contribution is 0.102. The van der Waals surface area contributed by atoms with E-state index in [1.165, 1.54) is 12.1 Å². The van der Waals surface area contributed by atoms with Crippen molar-refractivity contribution in [1.82, 2.24) is 0 Å². The zero-order chi connectivity index (χ0) is 20.3. The Balaban J connectivity index is 1.77. The van der Waals surface area contributed by atoms with Gasteiger partial charge in [0.05, 0.1) is 16.1 Å². The van der Waals surface area contributed by atoms with Crippen LogP contribution in [-0.4, -0.2) is 14.3 Å². The van der Waals surface area contributed by atoms with Crippen molar-refractivity contribution >= 4 is 61.5 Å². The lowest BCUT2D eigenvalue weighted by atomic mass is 10.2. The van der Waals surface area contributed by atoms with Gasteiger partial charge in [0.1, 0.15) is 0 Å². The molecule has 3 rings (SSSR count). The molecule has 2 N–H and O–H groups in total. The molecule has 28 heavy (non-hydrogen) atoms. The van der Waals surface area contributed by atoms with Gasteiger partial charge in [-0.15, -0.1) is 0 Å². The fourth-order valence-corrected chi connectivity index (χ4v) is 4.41. The van der Waals surface area contributed by atoms with Gasteiger partial charge in [-0.3, -0.25) is 9.52 Å². The van der Waals surface area contributed by atoms with Gasteiger partial charge in [-0.25, -0.2) is 8.42 Å². The molecule has 0 atom stereocenters. The molecule has 3 aromatic rings. The molecule has 0 aromatic heterocycles. The standard InChI is InChI=1S/C20H16ClIN2O3S/c1-13-17(21)6-4-8-19(13)24-28(26,27)15-11-9-14(10-12-15)23-20(25)16-5-2-3-7-18(16)22/h2-12,24H,1H3,(H,23,25). The van der Waals surface area contributed by atoms with E-state index in [0.717, 1.165) is 3.57 Å². The largest absolute Gasteiger partial charge is 0.322 e. The fourth-order valence-electron chi connectivity index (χ4n) is 2.48. The van der Waals surface area contributed by atoms with Crippen molar-refractivity contribution in [3.8, 4) is 0 Å². The van der Waals surface area contributed by atoms with Crippen LogP contribution in [0.5, 0.6) is 0 Å². The molecule has 0 heterocycles. The predicted octanol–water partition coefficient (Wildman–Crippen LogP) is 5.31. The van der Waals surface area contributed by atoms with Gasteiger partial charge in [0.2, 0.25) is 0 Å².